The third-order valence-electron chi connectivity index (χ3n) is 3.94. The zero-order valence-corrected chi connectivity index (χ0v) is 15.8. The van der Waals surface area contributed by atoms with Crippen molar-refractivity contribution in [2.45, 2.75) is 64.8 Å². The lowest BCUT2D eigenvalue weighted by atomic mass is 9.92. The maximum Gasteiger partial charge on any atom is 0.410 e. The molecule has 0 saturated carbocycles. The van der Waals surface area contributed by atoms with Crippen molar-refractivity contribution >= 4 is 17.7 Å². The molecular formula is C17H26ClN3O3. The standard InChI is InChI=1S/C15H20ClN3O3.C2H6/c1-14(2,3)22-13(20)19-6-4-15(5-7-19)12(21-15)10-8-18-11(16)9-17-10;1-2/h8-9,12H,4-7H2,1-3H3;1-2H3. The fourth-order valence-electron chi connectivity index (χ4n) is 2.76. The molecule has 2 fully saturated rings. The molecule has 7 heteroatoms. The molecule has 0 aliphatic carbocycles. The van der Waals surface area contributed by atoms with Crippen molar-refractivity contribution in [3.63, 3.8) is 0 Å². The molecule has 1 aromatic rings. The molecule has 3 rings (SSSR count). The van der Waals surface area contributed by atoms with E-state index in [1.807, 2.05) is 34.6 Å². The quantitative estimate of drug-likeness (QED) is 0.712. The monoisotopic (exact) mass is 355 g/mol. The van der Waals surface area contributed by atoms with Crippen molar-refractivity contribution in [2.75, 3.05) is 13.1 Å². The summed E-state index contributed by atoms with van der Waals surface area (Å²) in [6.45, 7) is 10.9. The number of rotatable bonds is 1. The van der Waals surface area contributed by atoms with Crippen LogP contribution in [0.1, 0.15) is 59.3 Å². The molecule has 1 aromatic heterocycles. The number of carbonyl (C=O) groups is 1. The lowest BCUT2D eigenvalue weighted by molar-refractivity contribution is 0.0165. The van der Waals surface area contributed by atoms with Crippen LogP contribution in [-0.2, 0) is 9.47 Å². The van der Waals surface area contributed by atoms with Gasteiger partial charge in [-0.05, 0) is 33.6 Å². The van der Waals surface area contributed by atoms with Crippen molar-refractivity contribution in [3.8, 4) is 0 Å². The van der Waals surface area contributed by atoms with Crippen molar-refractivity contribution in [3.05, 3.63) is 23.2 Å². The normalized spacial score (nSPS) is 21.8. The fourth-order valence-corrected chi connectivity index (χ4v) is 2.86. The summed E-state index contributed by atoms with van der Waals surface area (Å²) in [5, 5.41) is 0.373. The van der Waals surface area contributed by atoms with Crippen LogP contribution in [0.5, 0.6) is 0 Å². The number of piperidine rings is 1. The Bertz CT molecular complexity index is 563. The first kappa shape index (κ1) is 18.9. The molecule has 0 aromatic carbocycles. The van der Waals surface area contributed by atoms with Crippen LogP contribution in [0.15, 0.2) is 12.4 Å². The number of aromatic nitrogens is 2. The van der Waals surface area contributed by atoms with E-state index in [1.165, 1.54) is 6.20 Å². The predicted molar refractivity (Wildman–Crippen MR) is 92.0 cm³/mol. The Hall–Kier alpha value is -1.40. The van der Waals surface area contributed by atoms with Gasteiger partial charge in [-0.25, -0.2) is 9.78 Å². The van der Waals surface area contributed by atoms with Gasteiger partial charge in [-0.2, -0.15) is 0 Å². The molecule has 0 bridgehead atoms. The minimum Gasteiger partial charge on any atom is -0.444 e. The summed E-state index contributed by atoms with van der Waals surface area (Å²) in [6, 6.07) is 0. The Balaban J connectivity index is 0.00000100. The van der Waals surface area contributed by atoms with E-state index in [4.69, 9.17) is 21.1 Å². The van der Waals surface area contributed by atoms with E-state index in [1.54, 1.807) is 11.1 Å². The highest BCUT2D eigenvalue weighted by atomic mass is 35.5. The number of ether oxygens (including phenoxy) is 2. The number of hydrogen-bond acceptors (Lipinski definition) is 5. The van der Waals surface area contributed by atoms with E-state index < -0.39 is 5.60 Å². The van der Waals surface area contributed by atoms with E-state index >= 15 is 0 Å². The van der Waals surface area contributed by atoms with Crippen molar-refractivity contribution in [2.24, 2.45) is 0 Å². The first-order chi connectivity index (χ1) is 11.3. The zero-order valence-electron chi connectivity index (χ0n) is 15.0. The molecule has 1 unspecified atom stereocenters. The topological polar surface area (TPSA) is 67.8 Å². The van der Waals surface area contributed by atoms with Gasteiger partial charge in [0, 0.05) is 13.1 Å². The van der Waals surface area contributed by atoms with Crippen molar-refractivity contribution in [1.82, 2.24) is 14.9 Å². The van der Waals surface area contributed by atoms with Gasteiger partial charge in [0.1, 0.15) is 22.5 Å². The Labute approximate surface area is 148 Å². The van der Waals surface area contributed by atoms with Crippen LogP contribution in [0.2, 0.25) is 5.15 Å². The highest BCUT2D eigenvalue weighted by Gasteiger charge is 2.59. The highest BCUT2D eigenvalue weighted by Crippen LogP contribution is 2.55. The molecule has 1 amide bonds. The number of hydrogen-bond donors (Lipinski definition) is 0. The van der Waals surface area contributed by atoms with Gasteiger partial charge in [0.15, 0.2) is 0 Å². The first-order valence-electron chi connectivity index (χ1n) is 8.42. The van der Waals surface area contributed by atoms with Crippen molar-refractivity contribution in [1.29, 1.82) is 0 Å². The minimum absolute atomic E-state index is 0.0435. The maximum atomic E-state index is 12.1. The van der Waals surface area contributed by atoms with E-state index in [0.717, 1.165) is 18.5 Å². The molecule has 6 nitrogen and oxygen atoms in total. The van der Waals surface area contributed by atoms with Gasteiger partial charge in [-0.15, -0.1) is 0 Å². The highest BCUT2D eigenvalue weighted by molar-refractivity contribution is 6.29. The van der Waals surface area contributed by atoms with Gasteiger partial charge in [0.05, 0.1) is 18.1 Å². The van der Waals surface area contributed by atoms with Gasteiger partial charge in [-0.1, -0.05) is 25.4 Å². The van der Waals surface area contributed by atoms with E-state index in [-0.39, 0.29) is 17.8 Å². The average Bonchev–Trinajstić information content (AvgIpc) is 3.22. The number of carbonyl (C=O) groups excluding carboxylic acids is 1. The minimum atomic E-state index is -0.469. The molecule has 2 aliphatic heterocycles. The molecule has 24 heavy (non-hydrogen) atoms. The third kappa shape index (κ3) is 4.36. The fraction of sp³-hybridized carbons (Fsp3) is 0.706. The van der Waals surface area contributed by atoms with Crippen molar-refractivity contribution < 1.29 is 14.3 Å². The van der Waals surface area contributed by atoms with E-state index in [0.29, 0.717) is 18.2 Å². The van der Waals surface area contributed by atoms with Gasteiger partial charge >= 0.3 is 6.09 Å². The summed E-state index contributed by atoms with van der Waals surface area (Å²) in [6.07, 6.45) is 4.44. The molecular weight excluding hydrogens is 330 g/mol. The number of likely N-dealkylation sites (tertiary alicyclic amines) is 1. The van der Waals surface area contributed by atoms with Gasteiger partial charge in [0.25, 0.3) is 0 Å². The smallest absolute Gasteiger partial charge is 0.410 e. The molecule has 134 valence electrons. The summed E-state index contributed by atoms with van der Waals surface area (Å²) in [5.41, 5.74) is 0.125. The molecule has 2 aliphatic rings. The maximum absolute atomic E-state index is 12.1. The van der Waals surface area contributed by atoms with Gasteiger partial charge in [0.2, 0.25) is 0 Å². The summed E-state index contributed by atoms with van der Waals surface area (Å²) >= 11 is 5.75. The summed E-state index contributed by atoms with van der Waals surface area (Å²) in [4.78, 5) is 22.1. The number of epoxide rings is 1. The second-order valence-electron chi connectivity index (χ2n) is 6.79. The molecule has 0 N–H and O–H groups in total. The van der Waals surface area contributed by atoms with E-state index in [2.05, 4.69) is 9.97 Å². The van der Waals surface area contributed by atoms with Crippen LogP contribution < -0.4 is 0 Å². The van der Waals surface area contributed by atoms with Gasteiger partial charge in [-0.3, -0.25) is 4.98 Å². The molecule has 3 heterocycles. The lowest BCUT2D eigenvalue weighted by Gasteiger charge is -2.32. The van der Waals surface area contributed by atoms with Gasteiger partial charge < -0.3 is 14.4 Å². The second-order valence-corrected chi connectivity index (χ2v) is 7.18. The molecule has 0 radical (unpaired) electrons. The first-order valence-corrected chi connectivity index (χ1v) is 8.80. The van der Waals surface area contributed by atoms with Crippen LogP contribution in [-0.4, -0.2) is 45.3 Å². The summed E-state index contributed by atoms with van der Waals surface area (Å²) < 4.78 is 11.3. The third-order valence-corrected chi connectivity index (χ3v) is 4.14. The van der Waals surface area contributed by atoms with Crippen LogP contribution in [0.25, 0.3) is 0 Å². The zero-order chi connectivity index (χ0) is 18.0. The van der Waals surface area contributed by atoms with Crippen LogP contribution in [0.4, 0.5) is 4.79 Å². The van der Waals surface area contributed by atoms with Crippen LogP contribution >= 0.6 is 11.6 Å². The Kier molecular flexibility index (Phi) is 5.71. The molecule has 1 spiro atoms. The number of halogens is 1. The molecule has 1 atom stereocenters. The number of amides is 1. The number of nitrogens with zero attached hydrogens (tertiary/aromatic N) is 3. The SMILES string of the molecule is CC.CC(C)(C)OC(=O)N1CCC2(CC1)OC2c1cnc(Cl)cn1. The summed E-state index contributed by atoms with van der Waals surface area (Å²) in [7, 11) is 0. The van der Waals surface area contributed by atoms with E-state index in [9.17, 15) is 4.79 Å². The Morgan fingerprint density at radius 2 is 1.92 bits per heavy atom. The Morgan fingerprint density at radius 1 is 1.29 bits per heavy atom. The van der Waals surface area contributed by atoms with Crippen LogP contribution in [0.3, 0.4) is 0 Å². The lowest BCUT2D eigenvalue weighted by Crippen LogP contribution is -2.44. The van der Waals surface area contributed by atoms with Crippen LogP contribution in [0, 0.1) is 0 Å². The second kappa shape index (κ2) is 7.23. The Morgan fingerprint density at radius 3 is 2.42 bits per heavy atom. The molecule has 2 saturated heterocycles. The largest absolute Gasteiger partial charge is 0.444 e. The summed E-state index contributed by atoms with van der Waals surface area (Å²) in [5.74, 6) is 0. The average molecular weight is 356 g/mol. The predicted octanol–water partition coefficient (Wildman–Crippen LogP) is 4.00.